The van der Waals surface area contributed by atoms with Crippen LogP contribution in [-0.4, -0.2) is 10.9 Å². The molecule has 0 saturated heterocycles. The van der Waals surface area contributed by atoms with Gasteiger partial charge in [0, 0.05) is 23.1 Å². The Bertz CT molecular complexity index is 880. The number of nitro groups is 1. The van der Waals surface area contributed by atoms with Crippen LogP contribution >= 0.6 is 0 Å². The molecule has 116 valence electrons. The molecule has 0 saturated carbocycles. The van der Waals surface area contributed by atoms with Crippen molar-refractivity contribution in [3.05, 3.63) is 70.0 Å². The third kappa shape index (κ3) is 3.21. The maximum atomic E-state index is 12.0. The van der Waals surface area contributed by atoms with Crippen LogP contribution in [0.5, 0.6) is 5.75 Å². The molecule has 3 rings (SSSR count). The molecule has 0 bridgehead atoms. The van der Waals surface area contributed by atoms with E-state index < -0.39 is 10.9 Å². The van der Waals surface area contributed by atoms with Gasteiger partial charge in [0.15, 0.2) is 0 Å². The third-order valence-corrected chi connectivity index (χ3v) is 3.43. The first-order chi connectivity index (χ1) is 11.0. The van der Waals surface area contributed by atoms with Crippen molar-refractivity contribution in [2.75, 3.05) is 0 Å². The SMILES string of the molecule is Cc1ccc2c(CC(=O)Oc3ccc([N+](=O)[O-])cc3)coc2c1. The Morgan fingerprint density at radius 2 is 1.96 bits per heavy atom. The topological polar surface area (TPSA) is 82.6 Å². The monoisotopic (exact) mass is 311 g/mol. The van der Waals surface area contributed by atoms with Crippen molar-refractivity contribution >= 4 is 22.6 Å². The van der Waals surface area contributed by atoms with Crippen molar-refractivity contribution in [2.45, 2.75) is 13.3 Å². The van der Waals surface area contributed by atoms with Gasteiger partial charge in [-0.3, -0.25) is 14.9 Å². The number of non-ortho nitro benzene ring substituents is 1. The highest BCUT2D eigenvalue weighted by Gasteiger charge is 2.13. The Labute approximate surface area is 131 Å². The summed E-state index contributed by atoms with van der Waals surface area (Å²) in [6.07, 6.45) is 1.61. The van der Waals surface area contributed by atoms with Crippen LogP contribution in [0.2, 0.25) is 0 Å². The zero-order valence-corrected chi connectivity index (χ0v) is 12.3. The minimum Gasteiger partial charge on any atom is -0.464 e. The molecule has 0 radical (unpaired) electrons. The molecule has 0 aliphatic rings. The largest absolute Gasteiger partial charge is 0.464 e. The van der Waals surface area contributed by atoms with Crippen LogP contribution in [0.3, 0.4) is 0 Å². The van der Waals surface area contributed by atoms with Gasteiger partial charge in [-0.25, -0.2) is 0 Å². The highest BCUT2D eigenvalue weighted by atomic mass is 16.6. The van der Waals surface area contributed by atoms with E-state index in [1.54, 1.807) is 6.26 Å². The van der Waals surface area contributed by atoms with Crippen molar-refractivity contribution < 1.29 is 18.9 Å². The van der Waals surface area contributed by atoms with Gasteiger partial charge in [0.25, 0.3) is 5.69 Å². The van der Waals surface area contributed by atoms with Crippen molar-refractivity contribution in [2.24, 2.45) is 0 Å². The second-order valence-electron chi connectivity index (χ2n) is 5.16. The van der Waals surface area contributed by atoms with Gasteiger partial charge in [-0.2, -0.15) is 0 Å². The summed E-state index contributed by atoms with van der Waals surface area (Å²) in [5.41, 5.74) is 2.49. The molecule has 23 heavy (non-hydrogen) atoms. The standard InChI is InChI=1S/C17H13NO5/c1-11-2-7-15-12(10-22-16(15)8-11)9-17(19)23-14-5-3-13(4-6-14)18(20)21/h2-8,10H,9H2,1H3. The number of benzene rings is 2. The number of carbonyl (C=O) groups excluding carboxylic acids is 1. The second-order valence-corrected chi connectivity index (χ2v) is 5.16. The molecule has 0 amide bonds. The van der Waals surface area contributed by atoms with Crippen LogP contribution in [0, 0.1) is 17.0 Å². The van der Waals surface area contributed by atoms with Gasteiger partial charge in [0.05, 0.1) is 17.6 Å². The lowest BCUT2D eigenvalue weighted by atomic mass is 10.1. The fourth-order valence-electron chi connectivity index (χ4n) is 2.29. The minimum absolute atomic E-state index is 0.0546. The predicted octanol–water partition coefficient (Wildman–Crippen LogP) is 3.80. The molecule has 2 aromatic carbocycles. The summed E-state index contributed by atoms with van der Waals surface area (Å²) in [4.78, 5) is 22.1. The average Bonchev–Trinajstić information content (AvgIpc) is 2.89. The molecule has 1 heterocycles. The summed E-state index contributed by atoms with van der Waals surface area (Å²) in [7, 11) is 0. The number of rotatable bonds is 4. The van der Waals surface area contributed by atoms with Gasteiger partial charge in [0.1, 0.15) is 11.3 Å². The number of fused-ring (bicyclic) bond motifs is 1. The van der Waals surface area contributed by atoms with Gasteiger partial charge >= 0.3 is 5.97 Å². The van der Waals surface area contributed by atoms with Gasteiger partial charge in [-0.05, 0) is 30.7 Å². The average molecular weight is 311 g/mol. The van der Waals surface area contributed by atoms with E-state index in [1.165, 1.54) is 24.3 Å². The molecule has 3 aromatic rings. The fourth-order valence-corrected chi connectivity index (χ4v) is 2.29. The molecule has 1 aromatic heterocycles. The lowest BCUT2D eigenvalue weighted by molar-refractivity contribution is -0.384. The Kier molecular flexibility index (Phi) is 3.80. The highest BCUT2D eigenvalue weighted by molar-refractivity contribution is 5.86. The summed E-state index contributed by atoms with van der Waals surface area (Å²) < 4.78 is 10.6. The number of esters is 1. The molecule has 6 nitrogen and oxygen atoms in total. The van der Waals surface area contributed by atoms with E-state index in [0.29, 0.717) is 0 Å². The molecule has 0 fully saturated rings. The Balaban J connectivity index is 1.72. The summed E-state index contributed by atoms with van der Waals surface area (Å²) in [5, 5.41) is 11.5. The predicted molar refractivity (Wildman–Crippen MR) is 83.4 cm³/mol. The van der Waals surface area contributed by atoms with Crippen LogP contribution in [0.1, 0.15) is 11.1 Å². The minimum atomic E-state index is -0.509. The van der Waals surface area contributed by atoms with E-state index in [4.69, 9.17) is 9.15 Å². The summed E-state index contributed by atoms with van der Waals surface area (Å²) in [6.45, 7) is 1.96. The third-order valence-electron chi connectivity index (χ3n) is 3.43. The zero-order valence-electron chi connectivity index (χ0n) is 12.3. The second kappa shape index (κ2) is 5.92. The van der Waals surface area contributed by atoms with E-state index >= 15 is 0 Å². The van der Waals surface area contributed by atoms with Gasteiger partial charge in [-0.15, -0.1) is 0 Å². The van der Waals surface area contributed by atoms with Gasteiger partial charge in [0.2, 0.25) is 0 Å². The summed E-state index contributed by atoms with van der Waals surface area (Å²) in [5.74, 6) is -0.189. The normalized spacial score (nSPS) is 10.7. The van der Waals surface area contributed by atoms with Crippen molar-refractivity contribution in [1.82, 2.24) is 0 Å². The van der Waals surface area contributed by atoms with Crippen molar-refractivity contribution in [1.29, 1.82) is 0 Å². The summed E-state index contributed by atoms with van der Waals surface area (Å²) >= 11 is 0. The molecule has 0 spiro atoms. The fraction of sp³-hybridized carbons (Fsp3) is 0.118. The Morgan fingerprint density at radius 3 is 2.65 bits per heavy atom. The number of hydrogen-bond acceptors (Lipinski definition) is 5. The Morgan fingerprint density at radius 1 is 1.22 bits per heavy atom. The lowest BCUT2D eigenvalue weighted by Gasteiger charge is -2.03. The molecule has 0 aliphatic heterocycles. The highest BCUT2D eigenvalue weighted by Crippen LogP contribution is 2.23. The van der Waals surface area contributed by atoms with Crippen LogP contribution < -0.4 is 4.74 Å². The first-order valence-electron chi connectivity index (χ1n) is 6.95. The molecular formula is C17H13NO5. The van der Waals surface area contributed by atoms with Crippen LogP contribution in [0.25, 0.3) is 11.0 Å². The Hall–Kier alpha value is -3.15. The van der Waals surface area contributed by atoms with E-state index in [-0.39, 0.29) is 17.9 Å². The molecule has 0 aliphatic carbocycles. The first-order valence-corrected chi connectivity index (χ1v) is 6.95. The van der Waals surface area contributed by atoms with E-state index in [9.17, 15) is 14.9 Å². The molecule has 0 atom stereocenters. The zero-order chi connectivity index (χ0) is 16.4. The number of furan rings is 1. The van der Waals surface area contributed by atoms with Crippen LogP contribution in [0.15, 0.2) is 53.1 Å². The quantitative estimate of drug-likeness (QED) is 0.317. The maximum Gasteiger partial charge on any atom is 0.315 e. The van der Waals surface area contributed by atoms with E-state index in [0.717, 1.165) is 22.1 Å². The first kappa shape index (κ1) is 14.8. The van der Waals surface area contributed by atoms with Gasteiger partial charge in [-0.1, -0.05) is 12.1 Å². The number of ether oxygens (including phenoxy) is 1. The van der Waals surface area contributed by atoms with E-state index in [1.807, 2.05) is 25.1 Å². The molecule has 0 unspecified atom stereocenters. The lowest BCUT2D eigenvalue weighted by Crippen LogP contribution is -2.10. The van der Waals surface area contributed by atoms with Crippen LogP contribution in [-0.2, 0) is 11.2 Å². The number of hydrogen-bond donors (Lipinski definition) is 0. The number of carbonyl (C=O) groups is 1. The maximum absolute atomic E-state index is 12.0. The van der Waals surface area contributed by atoms with Gasteiger partial charge < -0.3 is 9.15 Å². The number of nitro benzene ring substituents is 1. The number of aryl methyl sites for hydroxylation is 1. The molecule has 0 N–H and O–H groups in total. The van der Waals surface area contributed by atoms with Crippen LogP contribution in [0.4, 0.5) is 5.69 Å². The number of nitrogens with zero attached hydrogens (tertiary/aromatic N) is 1. The summed E-state index contributed by atoms with van der Waals surface area (Å²) in [6, 6.07) is 11.1. The molecular weight excluding hydrogens is 298 g/mol. The van der Waals surface area contributed by atoms with E-state index in [2.05, 4.69) is 0 Å². The molecule has 6 heteroatoms. The smallest absolute Gasteiger partial charge is 0.315 e. The van der Waals surface area contributed by atoms with Crippen molar-refractivity contribution in [3.8, 4) is 5.75 Å². The van der Waals surface area contributed by atoms with Crippen molar-refractivity contribution in [3.63, 3.8) is 0 Å².